The number of ether oxygens (including phenoxy) is 1. The minimum absolute atomic E-state index is 0.508. The highest BCUT2D eigenvalue weighted by atomic mass is 16.7. The van der Waals surface area contributed by atoms with Crippen LogP contribution in [0.5, 0.6) is 5.88 Å². The van der Waals surface area contributed by atoms with Crippen molar-refractivity contribution in [3.63, 3.8) is 0 Å². The fourth-order valence-corrected chi connectivity index (χ4v) is 0.894. The van der Waals surface area contributed by atoms with Crippen LogP contribution in [0.15, 0.2) is 12.1 Å². The van der Waals surface area contributed by atoms with Gasteiger partial charge in [-0.25, -0.2) is 5.06 Å². The number of pyridine rings is 1. The van der Waals surface area contributed by atoms with Gasteiger partial charge >= 0.3 is 0 Å². The third-order valence-corrected chi connectivity index (χ3v) is 1.66. The van der Waals surface area contributed by atoms with Gasteiger partial charge in [0.1, 0.15) is 0 Å². The molecule has 0 atom stereocenters. The summed E-state index contributed by atoms with van der Waals surface area (Å²) in [6.07, 6.45) is 0. The third-order valence-electron chi connectivity index (χ3n) is 1.66. The highest BCUT2D eigenvalue weighted by Gasteiger charge is 2.07. The number of aromatic nitrogens is 1. The van der Waals surface area contributed by atoms with Gasteiger partial charge < -0.3 is 10.5 Å². The van der Waals surface area contributed by atoms with Gasteiger partial charge in [0.05, 0.1) is 19.9 Å². The quantitative estimate of drug-likeness (QED) is 0.698. The Labute approximate surface area is 77.0 Å². The molecule has 0 radical (unpaired) electrons. The maximum Gasteiger partial charge on any atom is 0.215 e. The average molecular weight is 183 g/mol. The Bertz CT molecular complexity index is 291. The van der Waals surface area contributed by atoms with Gasteiger partial charge in [0.15, 0.2) is 5.82 Å². The lowest BCUT2D eigenvalue weighted by atomic mass is 10.4. The number of hydroxylamine groups is 1. The molecule has 0 saturated carbocycles. The van der Waals surface area contributed by atoms with Crippen LogP contribution in [0.4, 0.5) is 11.5 Å². The number of nitrogen functional groups attached to an aromatic ring is 1. The second-order valence-electron chi connectivity index (χ2n) is 2.45. The summed E-state index contributed by atoms with van der Waals surface area (Å²) in [6, 6.07) is 3.42. The number of anilines is 2. The maximum atomic E-state index is 5.68. The fourth-order valence-electron chi connectivity index (χ4n) is 0.894. The number of hydrogen-bond acceptors (Lipinski definition) is 5. The van der Waals surface area contributed by atoms with Gasteiger partial charge in [-0.3, -0.25) is 4.84 Å². The zero-order valence-electron chi connectivity index (χ0n) is 7.94. The van der Waals surface area contributed by atoms with Gasteiger partial charge in [0.2, 0.25) is 5.88 Å². The number of nitrogens with two attached hydrogens (primary N) is 1. The van der Waals surface area contributed by atoms with Gasteiger partial charge in [-0.15, -0.1) is 0 Å². The smallest absolute Gasteiger partial charge is 0.215 e. The molecule has 5 heteroatoms. The van der Waals surface area contributed by atoms with E-state index in [0.717, 1.165) is 0 Å². The molecule has 2 N–H and O–H groups in total. The third kappa shape index (κ3) is 2.00. The molecule has 13 heavy (non-hydrogen) atoms. The van der Waals surface area contributed by atoms with E-state index in [1.807, 2.05) is 0 Å². The van der Waals surface area contributed by atoms with Crippen LogP contribution >= 0.6 is 0 Å². The fraction of sp³-hybridized carbons (Fsp3) is 0.375. The van der Waals surface area contributed by atoms with E-state index in [1.54, 1.807) is 33.4 Å². The van der Waals surface area contributed by atoms with Crippen molar-refractivity contribution in [2.75, 3.05) is 32.1 Å². The lowest BCUT2D eigenvalue weighted by Crippen LogP contribution is -2.18. The van der Waals surface area contributed by atoms with E-state index in [-0.39, 0.29) is 0 Å². The van der Waals surface area contributed by atoms with Crippen LogP contribution in [-0.2, 0) is 4.84 Å². The molecule has 0 fully saturated rings. The van der Waals surface area contributed by atoms with Crippen molar-refractivity contribution in [2.45, 2.75) is 0 Å². The molecule has 5 nitrogen and oxygen atoms in total. The topological polar surface area (TPSA) is 60.6 Å². The van der Waals surface area contributed by atoms with Crippen molar-refractivity contribution in [1.82, 2.24) is 4.98 Å². The molecule has 0 unspecified atom stereocenters. The van der Waals surface area contributed by atoms with E-state index in [2.05, 4.69) is 4.98 Å². The Morgan fingerprint density at radius 3 is 2.62 bits per heavy atom. The lowest BCUT2D eigenvalue weighted by Gasteiger charge is -2.16. The molecule has 0 aliphatic rings. The zero-order chi connectivity index (χ0) is 9.84. The predicted molar refractivity (Wildman–Crippen MR) is 50.6 cm³/mol. The van der Waals surface area contributed by atoms with Crippen LogP contribution in [-0.4, -0.2) is 26.3 Å². The van der Waals surface area contributed by atoms with Crippen LogP contribution in [0.2, 0.25) is 0 Å². The van der Waals surface area contributed by atoms with Crippen molar-refractivity contribution in [3.05, 3.63) is 12.1 Å². The molecule has 0 aromatic carbocycles. The van der Waals surface area contributed by atoms with E-state index < -0.39 is 0 Å². The molecule has 1 aromatic heterocycles. The summed E-state index contributed by atoms with van der Waals surface area (Å²) >= 11 is 0. The summed E-state index contributed by atoms with van der Waals surface area (Å²) in [5.74, 6) is 1.05. The lowest BCUT2D eigenvalue weighted by molar-refractivity contribution is 0.182. The highest BCUT2D eigenvalue weighted by Crippen LogP contribution is 2.22. The molecule has 1 heterocycles. The minimum Gasteiger partial charge on any atom is -0.481 e. The zero-order valence-corrected chi connectivity index (χ0v) is 7.94. The minimum atomic E-state index is 0.508. The van der Waals surface area contributed by atoms with Gasteiger partial charge in [-0.1, -0.05) is 0 Å². The van der Waals surface area contributed by atoms with Crippen LogP contribution < -0.4 is 15.5 Å². The molecule has 0 amide bonds. The summed E-state index contributed by atoms with van der Waals surface area (Å²) < 4.78 is 4.96. The van der Waals surface area contributed by atoms with Crippen molar-refractivity contribution in [3.8, 4) is 5.88 Å². The summed E-state index contributed by atoms with van der Waals surface area (Å²) in [4.78, 5) is 9.07. The second-order valence-corrected chi connectivity index (χ2v) is 2.45. The van der Waals surface area contributed by atoms with Crippen molar-refractivity contribution >= 4 is 11.5 Å². The van der Waals surface area contributed by atoms with E-state index >= 15 is 0 Å². The van der Waals surface area contributed by atoms with Gasteiger partial charge in [0, 0.05) is 13.1 Å². The van der Waals surface area contributed by atoms with E-state index in [1.165, 1.54) is 5.06 Å². The summed E-state index contributed by atoms with van der Waals surface area (Å²) in [6.45, 7) is 0. The van der Waals surface area contributed by atoms with Crippen LogP contribution in [0.3, 0.4) is 0 Å². The van der Waals surface area contributed by atoms with Gasteiger partial charge in [0.25, 0.3) is 0 Å². The molecule has 0 saturated heterocycles. The normalized spacial score (nSPS) is 9.77. The molecule has 0 aliphatic heterocycles. The molecule has 0 bridgehead atoms. The Balaban J connectivity index is 3.03. The number of methoxy groups -OCH3 is 1. The largest absolute Gasteiger partial charge is 0.481 e. The summed E-state index contributed by atoms with van der Waals surface area (Å²) in [7, 11) is 4.81. The van der Waals surface area contributed by atoms with E-state index in [9.17, 15) is 0 Å². The van der Waals surface area contributed by atoms with Crippen molar-refractivity contribution < 1.29 is 9.57 Å². The van der Waals surface area contributed by atoms with E-state index in [4.69, 9.17) is 15.3 Å². The molecule has 1 rings (SSSR count). The maximum absolute atomic E-state index is 5.68. The molecule has 72 valence electrons. The molecular formula is C8H13N3O2. The predicted octanol–water partition coefficient (Wildman–Crippen LogP) is 0.670. The SMILES string of the molecule is COc1ccc(N)c(N(C)OC)n1. The molecular weight excluding hydrogens is 170 g/mol. The molecule has 0 aliphatic carbocycles. The van der Waals surface area contributed by atoms with Gasteiger partial charge in [-0.2, -0.15) is 4.98 Å². The summed E-state index contributed by atoms with van der Waals surface area (Å²) in [5, 5.41) is 1.47. The Hall–Kier alpha value is -1.49. The van der Waals surface area contributed by atoms with Crippen LogP contribution in [0, 0.1) is 0 Å². The van der Waals surface area contributed by atoms with E-state index in [0.29, 0.717) is 17.4 Å². The molecule has 0 spiro atoms. The first-order valence-electron chi connectivity index (χ1n) is 3.77. The highest BCUT2D eigenvalue weighted by molar-refractivity contribution is 5.61. The number of hydrogen-bond donors (Lipinski definition) is 1. The average Bonchev–Trinajstić information content (AvgIpc) is 2.17. The Morgan fingerprint density at radius 1 is 1.38 bits per heavy atom. The standard InChI is InChI=1S/C8H13N3O2/c1-11(13-3)8-6(9)4-5-7(10-8)12-2/h4-5H,9H2,1-3H3. The first kappa shape index (κ1) is 9.60. The first-order chi connectivity index (χ1) is 6.19. The van der Waals surface area contributed by atoms with Crippen molar-refractivity contribution in [1.29, 1.82) is 0 Å². The second kappa shape index (κ2) is 3.95. The monoisotopic (exact) mass is 183 g/mol. The van der Waals surface area contributed by atoms with Gasteiger partial charge in [-0.05, 0) is 6.07 Å². The number of nitrogens with zero attached hydrogens (tertiary/aromatic N) is 2. The van der Waals surface area contributed by atoms with Crippen LogP contribution in [0.1, 0.15) is 0 Å². The van der Waals surface area contributed by atoms with Crippen molar-refractivity contribution in [2.24, 2.45) is 0 Å². The number of rotatable bonds is 3. The Morgan fingerprint density at radius 2 is 2.08 bits per heavy atom. The Kier molecular flexibility index (Phi) is 2.92. The first-order valence-corrected chi connectivity index (χ1v) is 3.77. The molecule has 1 aromatic rings. The van der Waals surface area contributed by atoms with Crippen LogP contribution in [0.25, 0.3) is 0 Å². The summed E-state index contributed by atoms with van der Waals surface area (Å²) in [5.41, 5.74) is 6.23.